The molecule has 0 unspecified atom stereocenters. The van der Waals surface area contributed by atoms with Gasteiger partial charge in [0.15, 0.2) is 0 Å². The molecule has 0 radical (unpaired) electrons. The zero-order valence-electron chi connectivity index (χ0n) is 13.8. The molecule has 0 aliphatic heterocycles. The Kier molecular flexibility index (Phi) is 7.26. The second-order valence-electron chi connectivity index (χ2n) is 5.04. The summed E-state index contributed by atoms with van der Waals surface area (Å²) in [6.07, 6.45) is 0.946. The second kappa shape index (κ2) is 8.93. The van der Waals surface area contributed by atoms with Crippen LogP contribution in [0.2, 0.25) is 5.02 Å². The first kappa shape index (κ1) is 19.5. The molecule has 1 aromatic carbocycles. The zero-order chi connectivity index (χ0) is 18.3. The van der Waals surface area contributed by atoms with Gasteiger partial charge in [-0.15, -0.1) is 0 Å². The van der Waals surface area contributed by atoms with Crippen LogP contribution in [0.25, 0.3) is 0 Å². The number of amides is 1. The number of ether oxygens (including phenoxy) is 2. The van der Waals surface area contributed by atoms with E-state index in [1.165, 1.54) is 20.3 Å². The number of carbonyl (C=O) groups is 3. The molecule has 0 spiro atoms. The first-order chi connectivity index (χ1) is 11.3. The summed E-state index contributed by atoms with van der Waals surface area (Å²) in [5.74, 6) is -1.86. The van der Waals surface area contributed by atoms with Gasteiger partial charge in [-0.1, -0.05) is 25.4 Å². The van der Waals surface area contributed by atoms with Crippen LogP contribution in [0.5, 0.6) is 0 Å². The quantitative estimate of drug-likeness (QED) is 0.602. The Morgan fingerprint density at radius 2 is 1.79 bits per heavy atom. The van der Waals surface area contributed by atoms with E-state index in [1.54, 1.807) is 26.0 Å². The molecular weight excluding hydrogens is 336 g/mol. The monoisotopic (exact) mass is 354 g/mol. The SMILES string of the molecule is COC(=O)/C=C(/Nc1cc(NC(=O)C(C)C)ccc1Cl)C(=O)OC. The topological polar surface area (TPSA) is 93.7 Å². The van der Waals surface area contributed by atoms with Crippen molar-refractivity contribution >= 4 is 40.8 Å². The molecule has 0 aliphatic carbocycles. The third-order valence-electron chi connectivity index (χ3n) is 2.90. The number of anilines is 2. The van der Waals surface area contributed by atoms with Gasteiger partial charge in [0.2, 0.25) is 5.91 Å². The highest BCUT2D eigenvalue weighted by atomic mass is 35.5. The Morgan fingerprint density at radius 3 is 2.33 bits per heavy atom. The smallest absolute Gasteiger partial charge is 0.354 e. The van der Waals surface area contributed by atoms with Crippen LogP contribution in [0.4, 0.5) is 11.4 Å². The maximum absolute atomic E-state index is 11.8. The summed E-state index contributed by atoms with van der Waals surface area (Å²) in [5.41, 5.74) is 0.653. The van der Waals surface area contributed by atoms with Crippen LogP contribution in [0.1, 0.15) is 13.8 Å². The third-order valence-corrected chi connectivity index (χ3v) is 3.23. The molecule has 0 atom stereocenters. The van der Waals surface area contributed by atoms with Crippen LogP contribution < -0.4 is 10.6 Å². The number of rotatable bonds is 6. The van der Waals surface area contributed by atoms with Crippen molar-refractivity contribution in [2.75, 3.05) is 24.9 Å². The van der Waals surface area contributed by atoms with Gasteiger partial charge in [0, 0.05) is 11.6 Å². The van der Waals surface area contributed by atoms with E-state index < -0.39 is 11.9 Å². The van der Waals surface area contributed by atoms with Crippen molar-refractivity contribution in [2.24, 2.45) is 5.92 Å². The van der Waals surface area contributed by atoms with Crippen LogP contribution >= 0.6 is 11.6 Å². The van der Waals surface area contributed by atoms with E-state index in [9.17, 15) is 14.4 Å². The minimum absolute atomic E-state index is 0.154. The van der Waals surface area contributed by atoms with E-state index in [1.807, 2.05) is 0 Å². The fourth-order valence-electron chi connectivity index (χ4n) is 1.56. The number of methoxy groups -OCH3 is 2. The third kappa shape index (κ3) is 5.58. The van der Waals surface area contributed by atoms with Crippen molar-refractivity contribution in [1.82, 2.24) is 0 Å². The molecule has 0 fully saturated rings. The van der Waals surface area contributed by atoms with Crippen molar-refractivity contribution in [1.29, 1.82) is 0 Å². The number of benzene rings is 1. The number of esters is 2. The van der Waals surface area contributed by atoms with Gasteiger partial charge in [-0.3, -0.25) is 4.79 Å². The number of halogens is 1. The molecule has 0 aliphatic rings. The molecule has 8 heteroatoms. The Morgan fingerprint density at radius 1 is 1.12 bits per heavy atom. The molecule has 1 rings (SSSR count). The van der Waals surface area contributed by atoms with Crippen LogP contribution in [0.15, 0.2) is 30.0 Å². The normalized spacial score (nSPS) is 11.0. The summed E-state index contributed by atoms with van der Waals surface area (Å²) in [7, 11) is 2.36. The largest absolute Gasteiger partial charge is 0.466 e. The van der Waals surface area contributed by atoms with E-state index in [4.69, 9.17) is 11.6 Å². The van der Waals surface area contributed by atoms with Crippen LogP contribution in [-0.2, 0) is 23.9 Å². The van der Waals surface area contributed by atoms with Crippen molar-refractivity contribution < 1.29 is 23.9 Å². The highest BCUT2D eigenvalue weighted by Crippen LogP contribution is 2.27. The van der Waals surface area contributed by atoms with Crippen LogP contribution in [0, 0.1) is 5.92 Å². The van der Waals surface area contributed by atoms with Crippen LogP contribution in [0.3, 0.4) is 0 Å². The Hall–Kier alpha value is -2.54. The summed E-state index contributed by atoms with van der Waals surface area (Å²) in [5, 5.41) is 5.71. The van der Waals surface area contributed by atoms with Gasteiger partial charge in [-0.25, -0.2) is 9.59 Å². The molecule has 130 valence electrons. The lowest BCUT2D eigenvalue weighted by molar-refractivity contribution is -0.138. The van der Waals surface area contributed by atoms with Crippen LogP contribution in [-0.4, -0.2) is 32.1 Å². The number of carbonyl (C=O) groups excluding carboxylic acids is 3. The van der Waals surface area contributed by atoms with Crippen molar-refractivity contribution in [3.63, 3.8) is 0 Å². The highest BCUT2D eigenvalue weighted by Gasteiger charge is 2.15. The maximum atomic E-state index is 11.8. The van der Waals surface area contributed by atoms with E-state index in [0.717, 1.165) is 6.08 Å². The molecule has 0 aromatic heterocycles. The average molecular weight is 355 g/mol. The summed E-state index contributed by atoms with van der Waals surface area (Å²) in [6, 6.07) is 4.71. The first-order valence-electron chi connectivity index (χ1n) is 7.03. The van der Waals surface area contributed by atoms with Gasteiger partial charge < -0.3 is 20.1 Å². The molecule has 24 heavy (non-hydrogen) atoms. The van der Waals surface area contributed by atoms with Gasteiger partial charge in [0.05, 0.1) is 31.0 Å². The zero-order valence-corrected chi connectivity index (χ0v) is 14.6. The number of hydrogen-bond acceptors (Lipinski definition) is 6. The van der Waals surface area contributed by atoms with Gasteiger partial charge in [-0.05, 0) is 18.2 Å². The Bertz CT molecular complexity index is 670. The van der Waals surface area contributed by atoms with Gasteiger partial charge >= 0.3 is 11.9 Å². The van der Waals surface area contributed by atoms with Crippen molar-refractivity contribution in [3.8, 4) is 0 Å². The summed E-state index contributed by atoms with van der Waals surface area (Å²) < 4.78 is 9.10. The molecule has 2 N–H and O–H groups in total. The fourth-order valence-corrected chi connectivity index (χ4v) is 1.73. The number of nitrogens with one attached hydrogen (secondary N) is 2. The molecule has 1 aromatic rings. The standard InChI is InChI=1S/C16H19ClN2O5/c1-9(2)15(21)18-10-5-6-11(17)12(7-10)19-13(16(22)24-4)8-14(20)23-3/h5-9,19H,1-4H3,(H,18,21)/b13-8+. The number of hydrogen-bond donors (Lipinski definition) is 2. The summed E-state index contributed by atoms with van der Waals surface area (Å²) >= 11 is 6.09. The second-order valence-corrected chi connectivity index (χ2v) is 5.44. The lowest BCUT2D eigenvalue weighted by atomic mass is 10.2. The summed E-state index contributed by atoms with van der Waals surface area (Å²) in [4.78, 5) is 34.9. The highest BCUT2D eigenvalue weighted by molar-refractivity contribution is 6.33. The van der Waals surface area contributed by atoms with E-state index >= 15 is 0 Å². The maximum Gasteiger partial charge on any atom is 0.354 e. The van der Waals surface area contributed by atoms with E-state index in [-0.39, 0.29) is 22.5 Å². The fraction of sp³-hybridized carbons (Fsp3) is 0.312. The van der Waals surface area contributed by atoms with Crippen molar-refractivity contribution in [3.05, 3.63) is 35.0 Å². The average Bonchev–Trinajstić information content (AvgIpc) is 2.55. The lowest BCUT2D eigenvalue weighted by Gasteiger charge is -2.13. The Balaban J connectivity index is 3.10. The first-order valence-corrected chi connectivity index (χ1v) is 7.41. The molecule has 0 bridgehead atoms. The van der Waals surface area contributed by atoms with E-state index in [2.05, 4.69) is 20.1 Å². The molecule has 0 heterocycles. The Labute approximate surface area is 145 Å². The molecular formula is C16H19ClN2O5. The molecule has 7 nitrogen and oxygen atoms in total. The molecule has 0 saturated carbocycles. The summed E-state index contributed by atoms with van der Waals surface area (Å²) in [6.45, 7) is 3.53. The molecule has 1 amide bonds. The van der Waals surface area contributed by atoms with Gasteiger partial charge in [0.25, 0.3) is 0 Å². The van der Waals surface area contributed by atoms with Crippen molar-refractivity contribution in [2.45, 2.75) is 13.8 Å². The van der Waals surface area contributed by atoms with E-state index in [0.29, 0.717) is 11.4 Å². The minimum Gasteiger partial charge on any atom is -0.466 e. The van der Waals surface area contributed by atoms with Gasteiger partial charge in [-0.2, -0.15) is 0 Å². The lowest BCUT2D eigenvalue weighted by Crippen LogP contribution is -2.18. The molecule has 0 saturated heterocycles. The predicted octanol–water partition coefficient (Wildman–Crippen LogP) is 2.58. The minimum atomic E-state index is -0.770. The predicted molar refractivity (Wildman–Crippen MR) is 90.7 cm³/mol. The van der Waals surface area contributed by atoms with Gasteiger partial charge in [0.1, 0.15) is 5.70 Å².